The minimum absolute atomic E-state index is 0.0148. The van der Waals surface area contributed by atoms with Gasteiger partial charge in [0.05, 0.1) is 5.69 Å². The number of hydrogen-bond donors (Lipinski definition) is 3. The van der Waals surface area contributed by atoms with Gasteiger partial charge in [0.15, 0.2) is 0 Å². The van der Waals surface area contributed by atoms with Gasteiger partial charge >= 0.3 is 6.18 Å². The number of aromatic nitrogens is 4. The molecule has 1 aliphatic rings. The van der Waals surface area contributed by atoms with Crippen molar-refractivity contribution in [3.8, 4) is 0 Å². The van der Waals surface area contributed by atoms with Crippen LogP contribution in [0.1, 0.15) is 48.6 Å². The van der Waals surface area contributed by atoms with Crippen molar-refractivity contribution in [3.05, 3.63) is 41.4 Å². The molecule has 1 atom stereocenters. The molecule has 0 spiro atoms. The third-order valence-electron chi connectivity index (χ3n) is 4.77. The van der Waals surface area contributed by atoms with E-state index in [1.165, 1.54) is 6.07 Å². The molecule has 1 unspecified atom stereocenters. The topological polar surface area (TPSA) is 95.9 Å². The maximum Gasteiger partial charge on any atom is 0.451 e. The molecule has 0 radical (unpaired) electrons. The summed E-state index contributed by atoms with van der Waals surface area (Å²) in [6.07, 6.45) is -0.209. The second-order valence-corrected chi connectivity index (χ2v) is 7.13. The van der Waals surface area contributed by atoms with Crippen molar-refractivity contribution in [2.45, 2.75) is 44.4 Å². The van der Waals surface area contributed by atoms with Crippen LogP contribution >= 0.6 is 0 Å². The van der Waals surface area contributed by atoms with Crippen molar-refractivity contribution in [1.82, 2.24) is 25.3 Å². The molecule has 3 rings (SSSR count). The van der Waals surface area contributed by atoms with Gasteiger partial charge in [0, 0.05) is 30.4 Å². The molecule has 10 heteroatoms. The van der Waals surface area contributed by atoms with Gasteiger partial charge in [0.1, 0.15) is 17.2 Å². The van der Waals surface area contributed by atoms with E-state index in [1.54, 1.807) is 20.0 Å². The Morgan fingerprint density at radius 3 is 2.61 bits per heavy atom. The molecule has 3 heterocycles. The van der Waals surface area contributed by atoms with Crippen molar-refractivity contribution in [1.29, 1.82) is 0 Å². The van der Waals surface area contributed by atoms with Gasteiger partial charge in [-0.3, -0.25) is 0 Å². The fraction of sp³-hybridized carbons (Fsp3) is 0.556. The normalized spacial score (nSPS) is 17.9. The van der Waals surface area contributed by atoms with Crippen LogP contribution in [0.15, 0.2) is 18.5 Å². The molecule has 28 heavy (non-hydrogen) atoms. The standard InChI is InChI=1S/C18H23F3N6O/c1-11-24-9-13(15(26-11)12-3-6-22-7-4-12)17(2,28)10-25-14-5-8-23-16(27-14)18(19,20)21/h5,8-9,12,22,28H,3-4,6-7,10H2,1-2H3,(H,23,25,27). The van der Waals surface area contributed by atoms with Crippen molar-refractivity contribution < 1.29 is 18.3 Å². The number of alkyl halides is 3. The average molecular weight is 396 g/mol. The number of piperidine rings is 1. The predicted molar refractivity (Wildman–Crippen MR) is 96.7 cm³/mol. The number of nitrogens with zero attached hydrogens (tertiary/aromatic N) is 4. The van der Waals surface area contributed by atoms with Gasteiger partial charge in [-0.15, -0.1) is 0 Å². The third kappa shape index (κ3) is 4.74. The number of halogens is 3. The van der Waals surface area contributed by atoms with E-state index in [9.17, 15) is 18.3 Å². The summed E-state index contributed by atoms with van der Waals surface area (Å²) in [5.74, 6) is -0.433. The monoisotopic (exact) mass is 396 g/mol. The summed E-state index contributed by atoms with van der Waals surface area (Å²) in [5, 5.41) is 17.1. The fourth-order valence-corrected chi connectivity index (χ4v) is 3.26. The summed E-state index contributed by atoms with van der Waals surface area (Å²) in [4.78, 5) is 15.5. The van der Waals surface area contributed by atoms with Gasteiger partial charge in [-0.05, 0) is 45.8 Å². The highest BCUT2D eigenvalue weighted by Gasteiger charge is 2.35. The van der Waals surface area contributed by atoms with Crippen molar-refractivity contribution in [2.24, 2.45) is 0 Å². The van der Waals surface area contributed by atoms with Crippen LogP contribution in [0.5, 0.6) is 0 Å². The zero-order chi connectivity index (χ0) is 20.4. The van der Waals surface area contributed by atoms with Gasteiger partial charge < -0.3 is 15.7 Å². The predicted octanol–water partition coefficient (Wildman–Crippen LogP) is 2.38. The zero-order valence-corrected chi connectivity index (χ0v) is 15.7. The van der Waals surface area contributed by atoms with E-state index in [0.29, 0.717) is 11.4 Å². The molecule has 152 valence electrons. The van der Waals surface area contributed by atoms with E-state index in [-0.39, 0.29) is 18.3 Å². The van der Waals surface area contributed by atoms with Crippen LogP contribution in [0.3, 0.4) is 0 Å². The quantitative estimate of drug-likeness (QED) is 0.714. The largest absolute Gasteiger partial charge is 0.451 e. The molecule has 7 nitrogen and oxygen atoms in total. The van der Waals surface area contributed by atoms with Crippen LogP contribution in [-0.2, 0) is 11.8 Å². The lowest BCUT2D eigenvalue weighted by atomic mass is 9.86. The minimum Gasteiger partial charge on any atom is -0.383 e. The molecule has 1 aliphatic heterocycles. The summed E-state index contributed by atoms with van der Waals surface area (Å²) in [6.45, 7) is 5.07. The fourth-order valence-electron chi connectivity index (χ4n) is 3.26. The Hall–Kier alpha value is -2.33. The number of nitrogens with one attached hydrogen (secondary N) is 2. The van der Waals surface area contributed by atoms with E-state index in [4.69, 9.17) is 0 Å². The third-order valence-corrected chi connectivity index (χ3v) is 4.77. The van der Waals surface area contributed by atoms with Gasteiger partial charge in [-0.2, -0.15) is 13.2 Å². The lowest BCUT2D eigenvalue weighted by molar-refractivity contribution is -0.144. The molecule has 3 N–H and O–H groups in total. The molecule has 0 amide bonds. The first-order valence-electron chi connectivity index (χ1n) is 9.08. The maximum absolute atomic E-state index is 12.8. The van der Waals surface area contributed by atoms with E-state index < -0.39 is 17.6 Å². The van der Waals surface area contributed by atoms with E-state index in [2.05, 4.69) is 30.6 Å². The number of anilines is 1. The summed E-state index contributed by atoms with van der Waals surface area (Å²) in [7, 11) is 0. The van der Waals surface area contributed by atoms with Gasteiger partial charge in [-0.25, -0.2) is 19.9 Å². The summed E-state index contributed by atoms with van der Waals surface area (Å²) < 4.78 is 38.3. The van der Waals surface area contributed by atoms with Gasteiger partial charge in [0.2, 0.25) is 5.82 Å². The molecule has 0 saturated carbocycles. The Morgan fingerprint density at radius 1 is 1.21 bits per heavy atom. The lowest BCUT2D eigenvalue weighted by Crippen LogP contribution is -2.35. The Bertz CT molecular complexity index is 821. The van der Waals surface area contributed by atoms with Crippen molar-refractivity contribution >= 4 is 5.82 Å². The Kier molecular flexibility index (Phi) is 5.80. The number of aryl methyl sites for hydroxylation is 1. The highest BCUT2D eigenvalue weighted by Crippen LogP contribution is 2.32. The van der Waals surface area contributed by atoms with Gasteiger partial charge in [-0.1, -0.05) is 0 Å². The molecule has 0 aliphatic carbocycles. The number of rotatable bonds is 5. The molecule has 0 aromatic carbocycles. The Labute approximate surface area is 160 Å². The van der Waals surface area contributed by atoms with E-state index >= 15 is 0 Å². The Morgan fingerprint density at radius 2 is 1.93 bits per heavy atom. The smallest absolute Gasteiger partial charge is 0.383 e. The molecule has 0 bridgehead atoms. The van der Waals surface area contributed by atoms with E-state index in [0.717, 1.165) is 37.8 Å². The first-order valence-corrected chi connectivity index (χ1v) is 9.08. The second-order valence-electron chi connectivity index (χ2n) is 7.13. The maximum atomic E-state index is 12.8. The van der Waals surface area contributed by atoms with Crippen LogP contribution in [0.2, 0.25) is 0 Å². The summed E-state index contributed by atoms with van der Waals surface area (Å²) in [6, 6.07) is 1.32. The highest BCUT2D eigenvalue weighted by molar-refractivity contribution is 5.36. The van der Waals surface area contributed by atoms with Crippen LogP contribution in [-0.4, -0.2) is 44.7 Å². The lowest BCUT2D eigenvalue weighted by Gasteiger charge is -2.30. The highest BCUT2D eigenvalue weighted by atomic mass is 19.4. The average Bonchev–Trinajstić information content (AvgIpc) is 2.66. The van der Waals surface area contributed by atoms with Crippen LogP contribution in [0.4, 0.5) is 19.0 Å². The summed E-state index contributed by atoms with van der Waals surface area (Å²) in [5.41, 5.74) is -0.0286. The molecule has 2 aromatic rings. The molecular weight excluding hydrogens is 373 g/mol. The first-order chi connectivity index (χ1) is 13.2. The van der Waals surface area contributed by atoms with E-state index in [1.807, 2.05) is 0 Å². The van der Waals surface area contributed by atoms with Crippen LogP contribution in [0.25, 0.3) is 0 Å². The second kappa shape index (κ2) is 7.96. The van der Waals surface area contributed by atoms with Crippen LogP contribution < -0.4 is 10.6 Å². The van der Waals surface area contributed by atoms with Gasteiger partial charge in [0.25, 0.3) is 0 Å². The number of aliphatic hydroxyl groups is 1. The van der Waals surface area contributed by atoms with Crippen molar-refractivity contribution in [2.75, 3.05) is 25.0 Å². The summed E-state index contributed by atoms with van der Waals surface area (Å²) >= 11 is 0. The SMILES string of the molecule is Cc1ncc(C(C)(O)CNc2ccnc(C(F)(F)F)n2)c(C2CCNCC2)n1. The first kappa shape index (κ1) is 20.4. The molecular formula is C18H23F3N6O. The number of hydrogen-bond acceptors (Lipinski definition) is 7. The Balaban J connectivity index is 1.81. The molecule has 1 fully saturated rings. The van der Waals surface area contributed by atoms with Crippen molar-refractivity contribution in [3.63, 3.8) is 0 Å². The van der Waals surface area contributed by atoms with Crippen LogP contribution in [0, 0.1) is 6.92 Å². The minimum atomic E-state index is -4.63. The molecule has 2 aromatic heterocycles. The zero-order valence-electron chi connectivity index (χ0n) is 15.7. The molecule has 1 saturated heterocycles.